The SMILES string of the molecule is CCCCCCCCCCCCCOCCOCCOCCOCCOCCCCCCCCCCCC. The van der Waals surface area contributed by atoms with Crippen molar-refractivity contribution in [3.8, 4) is 0 Å². The van der Waals surface area contributed by atoms with Crippen LogP contribution < -0.4 is 0 Å². The van der Waals surface area contributed by atoms with E-state index in [9.17, 15) is 0 Å². The Morgan fingerprint density at radius 1 is 0.211 bits per heavy atom. The molecule has 0 aromatic heterocycles. The third-order valence-electron chi connectivity index (χ3n) is 7.02. The van der Waals surface area contributed by atoms with Crippen LogP contribution in [0.4, 0.5) is 0 Å². The zero-order valence-electron chi connectivity index (χ0n) is 26.0. The second-order valence-electron chi connectivity index (χ2n) is 10.8. The number of ether oxygens (including phenoxy) is 5. The molecule has 5 heteroatoms. The first-order valence-corrected chi connectivity index (χ1v) is 16.8. The van der Waals surface area contributed by atoms with Crippen molar-refractivity contribution in [2.75, 3.05) is 66.1 Å². The maximum atomic E-state index is 5.66. The fourth-order valence-electron chi connectivity index (χ4n) is 4.54. The lowest BCUT2D eigenvalue weighted by atomic mass is 10.1. The summed E-state index contributed by atoms with van der Waals surface area (Å²) >= 11 is 0. The molecule has 5 nitrogen and oxygen atoms in total. The van der Waals surface area contributed by atoms with Gasteiger partial charge < -0.3 is 23.7 Å². The lowest BCUT2D eigenvalue weighted by Gasteiger charge is -2.08. The van der Waals surface area contributed by atoms with Gasteiger partial charge in [0.2, 0.25) is 0 Å². The fourth-order valence-corrected chi connectivity index (χ4v) is 4.54. The second kappa shape index (κ2) is 36.8. The van der Waals surface area contributed by atoms with E-state index in [1.165, 1.54) is 135 Å². The molecule has 0 N–H and O–H groups in total. The molecule has 0 bridgehead atoms. The lowest BCUT2D eigenvalue weighted by molar-refractivity contribution is -0.0114. The van der Waals surface area contributed by atoms with Crippen LogP contribution in [0.5, 0.6) is 0 Å². The van der Waals surface area contributed by atoms with Gasteiger partial charge in [0.1, 0.15) is 0 Å². The predicted molar refractivity (Wildman–Crippen MR) is 162 cm³/mol. The van der Waals surface area contributed by atoms with Gasteiger partial charge in [-0.15, -0.1) is 0 Å². The number of hydrogen-bond donors (Lipinski definition) is 0. The molecule has 0 radical (unpaired) electrons. The molecule has 0 aromatic carbocycles. The summed E-state index contributed by atoms with van der Waals surface area (Å²) < 4.78 is 28.0. The van der Waals surface area contributed by atoms with E-state index in [4.69, 9.17) is 23.7 Å². The van der Waals surface area contributed by atoms with Crippen LogP contribution in [0.1, 0.15) is 149 Å². The molecule has 0 spiro atoms. The molecule has 0 amide bonds. The van der Waals surface area contributed by atoms with Crippen molar-refractivity contribution in [1.29, 1.82) is 0 Å². The first-order chi connectivity index (χ1) is 18.9. The van der Waals surface area contributed by atoms with Crippen LogP contribution in [0.2, 0.25) is 0 Å². The maximum absolute atomic E-state index is 5.66. The van der Waals surface area contributed by atoms with E-state index in [0.29, 0.717) is 52.9 Å². The number of rotatable bonds is 35. The molecule has 0 aliphatic rings. The molecule has 0 rings (SSSR count). The van der Waals surface area contributed by atoms with E-state index in [2.05, 4.69) is 13.8 Å². The maximum Gasteiger partial charge on any atom is 0.0701 e. The minimum absolute atomic E-state index is 0.608. The van der Waals surface area contributed by atoms with Gasteiger partial charge in [0.05, 0.1) is 52.9 Å². The van der Waals surface area contributed by atoms with Gasteiger partial charge in [0.15, 0.2) is 0 Å². The summed E-state index contributed by atoms with van der Waals surface area (Å²) in [4.78, 5) is 0. The molecule has 0 saturated heterocycles. The quantitative estimate of drug-likeness (QED) is 0.0744. The molecule has 0 heterocycles. The Kier molecular flexibility index (Phi) is 36.6. The predicted octanol–water partition coefficient (Wildman–Crippen LogP) is 9.30. The normalized spacial score (nSPS) is 11.5. The van der Waals surface area contributed by atoms with Crippen LogP contribution in [-0.2, 0) is 23.7 Å². The molecule has 0 atom stereocenters. The van der Waals surface area contributed by atoms with E-state index < -0.39 is 0 Å². The summed E-state index contributed by atoms with van der Waals surface area (Å²) in [6, 6.07) is 0. The van der Waals surface area contributed by atoms with Crippen LogP contribution in [0.15, 0.2) is 0 Å². The van der Waals surface area contributed by atoms with Crippen LogP contribution in [0, 0.1) is 0 Å². The molecule has 230 valence electrons. The van der Waals surface area contributed by atoms with E-state index >= 15 is 0 Å². The van der Waals surface area contributed by atoms with E-state index in [0.717, 1.165) is 13.2 Å². The van der Waals surface area contributed by atoms with Gasteiger partial charge in [-0.25, -0.2) is 0 Å². The smallest absolute Gasteiger partial charge is 0.0701 e. The first-order valence-electron chi connectivity index (χ1n) is 16.8. The summed E-state index contributed by atoms with van der Waals surface area (Å²) in [5.74, 6) is 0. The summed E-state index contributed by atoms with van der Waals surface area (Å²) in [6.07, 6.45) is 28.6. The Labute approximate surface area is 238 Å². The average molecular weight is 545 g/mol. The van der Waals surface area contributed by atoms with Crippen LogP contribution in [0.25, 0.3) is 0 Å². The van der Waals surface area contributed by atoms with Crippen molar-refractivity contribution < 1.29 is 23.7 Å². The highest BCUT2D eigenvalue weighted by atomic mass is 16.6. The van der Waals surface area contributed by atoms with Crippen LogP contribution in [0.3, 0.4) is 0 Å². The monoisotopic (exact) mass is 545 g/mol. The zero-order chi connectivity index (χ0) is 27.5. The van der Waals surface area contributed by atoms with Crippen molar-refractivity contribution in [3.63, 3.8) is 0 Å². The fraction of sp³-hybridized carbons (Fsp3) is 1.00. The minimum Gasteiger partial charge on any atom is -0.379 e. The van der Waals surface area contributed by atoms with Crippen LogP contribution >= 0.6 is 0 Å². The van der Waals surface area contributed by atoms with Crippen molar-refractivity contribution in [1.82, 2.24) is 0 Å². The Hall–Kier alpha value is -0.200. The molecule has 0 aliphatic heterocycles. The van der Waals surface area contributed by atoms with E-state index in [-0.39, 0.29) is 0 Å². The van der Waals surface area contributed by atoms with Crippen LogP contribution in [-0.4, -0.2) is 66.1 Å². The summed E-state index contributed by atoms with van der Waals surface area (Å²) in [5, 5.41) is 0. The third kappa shape index (κ3) is 35.8. The van der Waals surface area contributed by atoms with Crippen molar-refractivity contribution >= 4 is 0 Å². The summed E-state index contributed by atoms with van der Waals surface area (Å²) in [5.41, 5.74) is 0. The van der Waals surface area contributed by atoms with E-state index in [1.54, 1.807) is 0 Å². The molecule has 0 aliphatic carbocycles. The van der Waals surface area contributed by atoms with Gasteiger partial charge >= 0.3 is 0 Å². The van der Waals surface area contributed by atoms with Crippen molar-refractivity contribution in [2.45, 2.75) is 149 Å². The third-order valence-corrected chi connectivity index (χ3v) is 7.02. The highest BCUT2D eigenvalue weighted by Gasteiger charge is 1.96. The van der Waals surface area contributed by atoms with E-state index in [1.807, 2.05) is 0 Å². The molecule has 0 fully saturated rings. The van der Waals surface area contributed by atoms with Gasteiger partial charge in [-0.05, 0) is 12.8 Å². The molecule has 38 heavy (non-hydrogen) atoms. The summed E-state index contributed by atoms with van der Waals surface area (Å²) in [7, 11) is 0. The van der Waals surface area contributed by atoms with Gasteiger partial charge in [0, 0.05) is 13.2 Å². The highest BCUT2D eigenvalue weighted by Crippen LogP contribution is 2.12. The number of unbranched alkanes of at least 4 members (excludes halogenated alkanes) is 19. The Morgan fingerprint density at radius 3 is 0.632 bits per heavy atom. The molecule has 0 aromatic rings. The van der Waals surface area contributed by atoms with Crippen molar-refractivity contribution in [3.05, 3.63) is 0 Å². The minimum atomic E-state index is 0.608. The Morgan fingerprint density at radius 2 is 0.395 bits per heavy atom. The molecular weight excluding hydrogens is 476 g/mol. The molecule has 0 saturated carbocycles. The zero-order valence-corrected chi connectivity index (χ0v) is 26.0. The summed E-state index contributed by atoms with van der Waals surface area (Å²) in [6.45, 7) is 11.4. The van der Waals surface area contributed by atoms with Gasteiger partial charge in [0.25, 0.3) is 0 Å². The van der Waals surface area contributed by atoms with Gasteiger partial charge in [-0.1, -0.05) is 136 Å². The second-order valence-corrected chi connectivity index (χ2v) is 10.8. The largest absolute Gasteiger partial charge is 0.379 e. The Balaban J connectivity index is 3.01. The molecule has 0 unspecified atom stereocenters. The number of hydrogen-bond acceptors (Lipinski definition) is 5. The van der Waals surface area contributed by atoms with Gasteiger partial charge in [-0.3, -0.25) is 0 Å². The van der Waals surface area contributed by atoms with Crippen molar-refractivity contribution in [2.24, 2.45) is 0 Å². The Bertz CT molecular complexity index is 358. The first kappa shape index (κ1) is 37.8. The van der Waals surface area contributed by atoms with Gasteiger partial charge in [-0.2, -0.15) is 0 Å². The average Bonchev–Trinajstić information content (AvgIpc) is 2.93. The lowest BCUT2D eigenvalue weighted by Crippen LogP contribution is -2.13. The highest BCUT2D eigenvalue weighted by molar-refractivity contribution is 4.49. The standard InChI is InChI=1S/C33H68O5/c1-3-5-7-9-11-13-15-17-19-21-23-25-35-27-29-37-31-33-38-32-30-36-28-26-34-24-22-20-18-16-14-12-10-8-6-4-2/h3-33H2,1-2H3. The topological polar surface area (TPSA) is 46.2 Å². The molecular formula is C33H68O5.